The van der Waals surface area contributed by atoms with Crippen molar-refractivity contribution < 1.29 is 24.2 Å². The highest BCUT2D eigenvalue weighted by atomic mass is 35.5. The van der Waals surface area contributed by atoms with Crippen molar-refractivity contribution in [1.29, 1.82) is 0 Å². The quantitative estimate of drug-likeness (QED) is 0.560. The van der Waals surface area contributed by atoms with Crippen molar-refractivity contribution in [3.8, 4) is 5.75 Å². The van der Waals surface area contributed by atoms with Crippen molar-refractivity contribution in [2.24, 2.45) is 0 Å². The lowest BCUT2D eigenvalue weighted by molar-refractivity contribution is -0.394. The van der Waals surface area contributed by atoms with Gasteiger partial charge in [0.05, 0.1) is 21.5 Å². The summed E-state index contributed by atoms with van der Waals surface area (Å²) in [6.45, 7) is -0.434. The van der Waals surface area contributed by atoms with E-state index >= 15 is 0 Å². The SMILES string of the molecule is O=C(COc1ccc(Cl)cc1)NNC(=O)c1cc([N+](=O)[O-])cc([N+](=O)[O-])c1. The second-order valence-electron chi connectivity index (χ2n) is 5.00. The van der Waals surface area contributed by atoms with Gasteiger partial charge in [-0.3, -0.25) is 40.7 Å². The molecule has 2 aromatic carbocycles. The minimum Gasteiger partial charge on any atom is -0.484 e. The summed E-state index contributed by atoms with van der Waals surface area (Å²) in [7, 11) is 0. The van der Waals surface area contributed by atoms with Gasteiger partial charge < -0.3 is 4.74 Å². The highest BCUT2D eigenvalue weighted by Gasteiger charge is 2.20. The second kappa shape index (κ2) is 8.58. The van der Waals surface area contributed by atoms with Crippen LogP contribution in [0.25, 0.3) is 0 Å². The van der Waals surface area contributed by atoms with Crippen LogP contribution in [0.15, 0.2) is 42.5 Å². The molecule has 0 atom stereocenters. The second-order valence-corrected chi connectivity index (χ2v) is 5.43. The minimum atomic E-state index is -0.971. The van der Waals surface area contributed by atoms with Gasteiger partial charge >= 0.3 is 0 Å². The van der Waals surface area contributed by atoms with Gasteiger partial charge in [0.1, 0.15) is 5.75 Å². The van der Waals surface area contributed by atoms with E-state index < -0.39 is 39.6 Å². The summed E-state index contributed by atoms with van der Waals surface area (Å²) in [6, 6.07) is 8.61. The van der Waals surface area contributed by atoms with Crippen LogP contribution in [-0.2, 0) is 4.79 Å². The van der Waals surface area contributed by atoms with E-state index in [0.717, 1.165) is 18.2 Å². The Bertz CT molecular complexity index is 869. The molecule has 0 aliphatic heterocycles. The lowest BCUT2D eigenvalue weighted by atomic mass is 10.1. The molecule has 0 saturated heterocycles. The van der Waals surface area contributed by atoms with Gasteiger partial charge in [0, 0.05) is 17.2 Å². The largest absolute Gasteiger partial charge is 0.484 e. The van der Waals surface area contributed by atoms with E-state index in [1.165, 1.54) is 12.1 Å². The van der Waals surface area contributed by atoms with Crippen LogP contribution in [0.5, 0.6) is 5.75 Å². The van der Waals surface area contributed by atoms with Crippen LogP contribution < -0.4 is 15.6 Å². The minimum absolute atomic E-state index is 0.366. The number of nitro groups is 2. The number of hydrazine groups is 1. The highest BCUT2D eigenvalue weighted by molar-refractivity contribution is 6.30. The summed E-state index contributed by atoms with van der Waals surface area (Å²) in [5.74, 6) is -1.32. The number of non-ortho nitro benzene ring substituents is 2. The fourth-order valence-electron chi connectivity index (χ4n) is 1.85. The third-order valence-electron chi connectivity index (χ3n) is 3.09. The topological polar surface area (TPSA) is 154 Å². The molecule has 0 spiro atoms. The number of nitro benzene ring substituents is 2. The van der Waals surface area contributed by atoms with Crippen molar-refractivity contribution in [2.75, 3.05) is 6.61 Å². The molecule has 0 bridgehead atoms. The van der Waals surface area contributed by atoms with E-state index in [9.17, 15) is 29.8 Å². The number of carbonyl (C=O) groups is 2. The number of nitrogens with one attached hydrogen (secondary N) is 2. The number of amides is 2. The molecule has 0 heterocycles. The standard InChI is InChI=1S/C15H11ClN4O7/c16-10-1-3-13(4-2-10)27-8-14(21)17-18-15(22)9-5-11(19(23)24)7-12(6-9)20(25)26/h1-7H,8H2,(H,17,21)(H,18,22). The summed E-state index contributed by atoms with van der Waals surface area (Å²) < 4.78 is 5.16. The molecule has 0 aliphatic carbocycles. The van der Waals surface area contributed by atoms with E-state index in [1.807, 2.05) is 10.9 Å². The van der Waals surface area contributed by atoms with Crippen LogP contribution in [0.4, 0.5) is 11.4 Å². The maximum atomic E-state index is 12.0. The molecule has 0 saturated carbocycles. The molecule has 0 fully saturated rings. The van der Waals surface area contributed by atoms with Gasteiger partial charge in [-0.25, -0.2) is 0 Å². The number of hydrogen-bond acceptors (Lipinski definition) is 7. The average Bonchev–Trinajstić information content (AvgIpc) is 2.65. The molecule has 0 unspecified atom stereocenters. The van der Waals surface area contributed by atoms with Crippen molar-refractivity contribution in [1.82, 2.24) is 10.9 Å². The zero-order chi connectivity index (χ0) is 20.0. The molecule has 2 N–H and O–H groups in total. The van der Waals surface area contributed by atoms with E-state index in [2.05, 4.69) is 0 Å². The predicted octanol–water partition coefficient (Wildman–Crippen LogP) is 2.00. The maximum absolute atomic E-state index is 12.0. The predicted molar refractivity (Wildman–Crippen MR) is 92.3 cm³/mol. The van der Waals surface area contributed by atoms with Crippen LogP contribution in [0, 0.1) is 20.2 Å². The zero-order valence-corrected chi connectivity index (χ0v) is 14.1. The fourth-order valence-corrected chi connectivity index (χ4v) is 1.98. The highest BCUT2D eigenvalue weighted by Crippen LogP contribution is 2.22. The van der Waals surface area contributed by atoms with Gasteiger partial charge in [0.2, 0.25) is 0 Å². The Morgan fingerprint density at radius 2 is 1.52 bits per heavy atom. The first kappa shape index (κ1) is 19.6. The van der Waals surface area contributed by atoms with Crippen LogP contribution in [0.2, 0.25) is 5.02 Å². The zero-order valence-electron chi connectivity index (χ0n) is 13.4. The average molecular weight is 395 g/mol. The van der Waals surface area contributed by atoms with Crippen LogP contribution in [0.3, 0.4) is 0 Å². The Balaban J connectivity index is 1.96. The summed E-state index contributed by atoms with van der Waals surface area (Å²) in [6.07, 6.45) is 0. The first-order valence-corrected chi connectivity index (χ1v) is 7.55. The number of rotatable bonds is 6. The van der Waals surface area contributed by atoms with E-state index in [0.29, 0.717) is 10.8 Å². The van der Waals surface area contributed by atoms with Gasteiger partial charge in [-0.15, -0.1) is 0 Å². The van der Waals surface area contributed by atoms with Gasteiger partial charge in [-0.05, 0) is 24.3 Å². The van der Waals surface area contributed by atoms with E-state index in [-0.39, 0.29) is 5.56 Å². The Morgan fingerprint density at radius 3 is 2.04 bits per heavy atom. The van der Waals surface area contributed by atoms with Crippen LogP contribution in [-0.4, -0.2) is 28.3 Å². The number of carbonyl (C=O) groups excluding carboxylic acids is 2. The molecule has 11 nitrogen and oxygen atoms in total. The number of halogens is 1. The van der Waals surface area contributed by atoms with Crippen molar-refractivity contribution in [2.45, 2.75) is 0 Å². The van der Waals surface area contributed by atoms with E-state index in [1.54, 1.807) is 12.1 Å². The molecular formula is C15H11ClN4O7. The maximum Gasteiger partial charge on any atom is 0.277 e. The molecular weight excluding hydrogens is 384 g/mol. The number of nitrogens with zero attached hydrogens (tertiary/aromatic N) is 2. The molecule has 0 aliphatic rings. The first-order valence-electron chi connectivity index (χ1n) is 7.17. The first-order chi connectivity index (χ1) is 12.8. The summed E-state index contributed by atoms with van der Waals surface area (Å²) >= 11 is 5.71. The van der Waals surface area contributed by atoms with Crippen LogP contribution in [0.1, 0.15) is 10.4 Å². The number of hydrogen-bond donors (Lipinski definition) is 2. The lowest BCUT2D eigenvalue weighted by Gasteiger charge is -2.09. The molecule has 0 radical (unpaired) electrons. The molecule has 2 aromatic rings. The van der Waals surface area contributed by atoms with Gasteiger partial charge in [-0.1, -0.05) is 11.6 Å². The monoisotopic (exact) mass is 394 g/mol. The fraction of sp³-hybridized carbons (Fsp3) is 0.0667. The van der Waals surface area contributed by atoms with Crippen LogP contribution >= 0.6 is 11.6 Å². The molecule has 2 rings (SSSR count). The Hall–Kier alpha value is -3.73. The van der Waals surface area contributed by atoms with E-state index in [4.69, 9.17) is 16.3 Å². The Kier molecular flexibility index (Phi) is 6.23. The third-order valence-corrected chi connectivity index (χ3v) is 3.34. The van der Waals surface area contributed by atoms with Gasteiger partial charge in [0.15, 0.2) is 6.61 Å². The summed E-state index contributed by atoms with van der Waals surface area (Å²) in [5, 5.41) is 22.1. The molecule has 0 aromatic heterocycles. The summed E-state index contributed by atoms with van der Waals surface area (Å²) in [4.78, 5) is 43.5. The molecule has 12 heteroatoms. The lowest BCUT2D eigenvalue weighted by Crippen LogP contribution is -2.43. The van der Waals surface area contributed by atoms with Crippen molar-refractivity contribution in [3.05, 3.63) is 73.3 Å². The molecule has 27 heavy (non-hydrogen) atoms. The number of ether oxygens (including phenoxy) is 1. The number of benzene rings is 2. The van der Waals surface area contributed by atoms with Gasteiger partial charge in [-0.2, -0.15) is 0 Å². The summed E-state index contributed by atoms with van der Waals surface area (Å²) in [5.41, 5.74) is 2.39. The molecule has 2 amide bonds. The molecule has 140 valence electrons. The van der Waals surface area contributed by atoms with Crippen molar-refractivity contribution in [3.63, 3.8) is 0 Å². The van der Waals surface area contributed by atoms with Gasteiger partial charge in [0.25, 0.3) is 23.2 Å². The Morgan fingerprint density at radius 1 is 0.963 bits per heavy atom. The van der Waals surface area contributed by atoms with Crippen molar-refractivity contribution >= 4 is 34.8 Å². The third kappa shape index (κ3) is 5.64. The Labute approximate surface area is 156 Å². The normalized spacial score (nSPS) is 9.96. The smallest absolute Gasteiger partial charge is 0.277 e.